The van der Waals surface area contributed by atoms with Gasteiger partial charge in [-0.3, -0.25) is 20.2 Å². The number of ether oxygens (including phenoxy) is 1. The molecular weight excluding hydrogens is 472 g/mol. The summed E-state index contributed by atoms with van der Waals surface area (Å²) in [7, 11) is 0. The average molecular weight is 486 g/mol. The van der Waals surface area contributed by atoms with E-state index in [2.05, 4.69) is 6.07 Å². The average Bonchev–Trinajstić information content (AvgIpc) is 2.92. The van der Waals surface area contributed by atoms with Crippen LogP contribution in [-0.2, 0) is 0 Å². The van der Waals surface area contributed by atoms with Gasteiger partial charge in [0.2, 0.25) is 0 Å². The van der Waals surface area contributed by atoms with E-state index in [9.17, 15) is 30.8 Å². The van der Waals surface area contributed by atoms with Crippen molar-refractivity contribution < 1.29 is 14.6 Å². The molecule has 0 unspecified atom stereocenters. The van der Waals surface area contributed by atoms with Gasteiger partial charge in [0.25, 0.3) is 11.4 Å². The number of nitriles is 2. The lowest BCUT2D eigenvalue weighted by Gasteiger charge is -2.18. The highest BCUT2D eigenvalue weighted by Crippen LogP contribution is 2.46. The molecule has 0 atom stereocenters. The lowest BCUT2D eigenvalue weighted by atomic mass is 9.89. The van der Waals surface area contributed by atoms with Crippen molar-refractivity contribution in [3.8, 4) is 34.8 Å². The first-order valence-corrected chi connectivity index (χ1v) is 10.9. The van der Waals surface area contributed by atoms with Crippen LogP contribution in [0.15, 0.2) is 84.9 Å². The highest BCUT2D eigenvalue weighted by molar-refractivity contribution is 6.17. The van der Waals surface area contributed by atoms with Gasteiger partial charge in [0.05, 0.1) is 15.4 Å². The quantitative estimate of drug-likeness (QED) is 0.148. The summed E-state index contributed by atoms with van der Waals surface area (Å²) in [5.74, 6) is 0.588. The molecule has 0 N–H and O–H groups in total. The fourth-order valence-corrected chi connectivity index (χ4v) is 4.36. The summed E-state index contributed by atoms with van der Waals surface area (Å²) < 4.78 is 6.26. The van der Waals surface area contributed by atoms with Gasteiger partial charge in [-0.1, -0.05) is 48.5 Å². The third-order valence-electron chi connectivity index (χ3n) is 5.99. The topological polar surface area (TPSA) is 143 Å². The summed E-state index contributed by atoms with van der Waals surface area (Å²) in [6, 6.07) is 26.7. The zero-order valence-corrected chi connectivity index (χ0v) is 18.9. The number of hydrogen-bond acceptors (Lipinski definition) is 7. The van der Waals surface area contributed by atoms with Crippen molar-refractivity contribution in [3.63, 3.8) is 0 Å². The molecule has 0 bridgehead atoms. The van der Waals surface area contributed by atoms with Crippen molar-refractivity contribution in [2.24, 2.45) is 0 Å². The minimum atomic E-state index is -0.582. The number of nitrogens with zero attached hydrogens (tertiary/aromatic N) is 4. The van der Waals surface area contributed by atoms with E-state index in [1.807, 2.05) is 54.6 Å². The molecular formula is C28H14N4O5. The number of nitro benzene ring substituents is 2. The maximum Gasteiger partial charge on any atom is 0.271 e. The number of rotatable bonds is 5. The van der Waals surface area contributed by atoms with Gasteiger partial charge in [0.1, 0.15) is 29.2 Å². The Bertz CT molecular complexity index is 1790. The Morgan fingerprint density at radius 1 is 0.649 bits per heavy atom. The van der Waals surface area contributed by atoms with Gasteiger partial charge in [-0.05, 0) is 28.5 Å². The first kappa shape index (κ1) is 23.0. The van der Waals surface area contributed by atoms with E-state index in [1.165, 1.54) is 24.3 Å². The summed E-state index contributed by atoms with van der Waals surface area (Å²) in [5.41, 5.74) is 0.982. The second-order valence-electron chi connectivity index (χ2n) is 8.05. The van der Waals surface area contributed by atoms with Crippen molar-refractivity contribution in [1.29, 1.82) is 10.5 Å². The van der Waals surface area contributed by atoms with Crippen LogP contribution in [0, 0.1) is 42.9 Å². The minimum absolute atomic E-state index is 0.00794. The van der Waals surface area contributed by atoms with Crippen molar-refractivity contribution in [2.75, 3.05) is 0 Å². The van der Waals surface area contributed by atoms with E-state index in [0.717, 1.165) is 16.8 Å². The zero-order valence-electron chi connectivity index (χ0n) is 18.9. The Morgan fingerprint density at radius 3 is 1.65 bits per heavy atom. The van der Waals surface area contributed by atoms with Crippen LogP contribution >= 0.6 is 0 Å². The molecule has 0 radical (unpaired) electrons. The molecule has 0 aliphatic carbocycles. The SMILES string of the molecule is N#Cc1cc([N+](=O)[O-])ccc1Oc1c2ccccc2c(-c2ccc([N+](=O)[O-])cc2C#N)c2ccccc12. The van der Waals surface area contributed by atoms with Crippen molar-refractivity contribution >= 4 is 32.9 Å². The molecule has 0 fully saturated rings. The van der Waals surface area contributed by atoms with Crippen molar-refractivity contribution in [2.45, 2.75) is 0 Å². The number of non-ortho nitro benzene ring substituents is 2. The molecule has 0 aliphatic rings. The molecule has 5 aromatic carbocycles. The molecule has 0 aliphatic heterocycles. The van der Waals surface area contributed by atoms with Crippen LogP contribution in [0.25, 0.3) is 32.7 Å². The normalized spacial score (nSPS) is 10.5. The first-order valence-electron chi connectivity index (χ1n) is 10.9. The molecule has 176 valence electrons. The first-order chi connectivity index (χ1) is 17.9. The number of nitro groups is 2. The van der Waals surface area contributed by atoms with Crippen LogP contribution < -0.4 is 4.74 Å². The maximum atomic E-state index is 11.3. The predicted molar refractivity (Wildman–Crippen MR) is 136 cm³/mol. The maximum absolute atomic E-state index is 11.3. The molecule has 0 heterocycles. The number of fused-ring (bicyclic) bond motifs is 2. The van der Waals surface area contributed by atoms with Gasteiger partial charge >= 0.3 is 0 Å². The molecule has 5 rings (SSSR count). The van der Waals surface area contributed by atoms with Crippen LogP contribution in [0.2, 0.25) is 0 Å². The Morgan fingerprint density at radius 2 is 1.14 bits per heavy atom. The molecule has 9 nitrogen and oxygen atoms in total. The van der Waals surface area contributed by atoms with Crippen molar-refractivity contribution in [1.82, 2.24) is 0 Å². The monoisotopic (exact) mass is 486 g/mol. The summed E-state index contributed by atoms with van der Waals surface area (Å²) >= 11 is 0. The minimum Gasteiger partial charge on any atom is -0.455 e. The van der Waals surface area contributed by atoms with E-state index in [0.29, 0.717) is 27.6 Å². The van der Waals surface area contributed by atoms with E-state index < -0.39 is 9.85 Å². The lowest BCUT2D eigenvalue weighted by molar-refractivity contribution is -0.385. The molecule has 5 aromatic rings. The van der Waals surface area contributed by atoms with Crippen molar-refractivity contribution in [3.05, 3.63) is 116 Å². The van der Waals surface area contributed by atoms with E-state index in [-0.39, 0.29) is 28.3 Å². The van der Waals surface area contributed by atoms with E-state index in [1.54, 1.807) is 6.07 Å². The smallest absolute Gasteiger partial charge is 0.271 e. The van der Waals surface area contributed by atoms with Gasteiger partial charge in [0.15, 0.2) is 0 Å². The molecule has 9 heteroatoms. The molecule has 0 amide bonds. The highest BCUT2D eigenvalue weighted by Gasteiger charge is 2.21. The van der Waals surface area contributed by atoms with Gasteiger partial charge in [-0.2, -0.15) is 10.5 Å². The Balaban J connectivity index is 1.82. The molecule has 0 spiro atoms. The van der Waals surface area contributed by atoms with Gasteiger partial charge < -0.3 is 4.74 Å². The molecule has 0 saturated heterocycles. The standard InChI is InChI=1S/C28H14N4O5/c29-15-17-13-19(31(33)34)9-11-21(17)27-22-5-1-3-7-24(22)28(25-8-4-2-6-23(25)27)37-26-12-10-20(32(35)36)14-18(26)16-30/h1-14H. The second-order valence-corrected chi connectivity index (χ2v) is 8.05. The largest absolute Gasteiger partial charge is 0.455 e. The molecule has 0 saturated carbocycles. The third kappa shape index (κ3) is 3.93. The summed E-state index contributed by atoms with van der Waals surface area (Å²) in [6.45, 7) is 0. The lowest BCUT2D eigenvalue weighted by Crippen LogP contribution is -1.96. The van der Waals surface area contributed by atoms with E-state index in [4.69, 9.17) is 4.74 Å². The van der Waals surface area contributed by atoms with Crippen LogP contribution in [0.1, 0.15) is 11.1 Å². The number of hydrogen-bond donors (Lipinski definition) is 0. The summed E-state index contributed by atoms with van der Waals surface area (Å²) in [6.07, 6.45) is 0. The summed E-state index contributed by atoms with van der Waals surface area (Å²) in [4.78, 5) is 21.3. The third-order valence-corrected chi connectivity index (χ3v) is 5.99. The Labute approximate surface area is 209 Å². The van der Waals surface area contributed by atoms with Crippen LogP contribution in [-0.4, -0.2) is 9.85 Å². The van der Waals surface area contributed by atoms with Crippen LogP contribution in [0.4, 0.5) is 11.4 Å². The fraction of sp³-hybridized carbons (Fsp3) is 0. The van der Waals surface area contributed by atoms with Gasteiger partial charge in [-0.15, -0.1) is 0 Å². The molecule has 37 heavy (non-hydrogen) atoms. The molecule has 0 aromatic heterocycles. The Hall–Kier alpha value is -5.80. The van der Waals surface area contributed by atoms with E-state index >= 15 is 0 Å². The fourth-order valence-electron chi connectivity index (χ4n) is 4.36. The second kappa shape index (κ2) is 9.10. The van der Waals surface area contributed by atoms with Gasteiger partial charge in [-0.25, -0.2) is 0 Å². The zero-order chi connectivity index (χ0) is 26.1. The van der Waals surface area contributed by atoms with Crippen LogP contribution in [0.3, 0.4) is 0 Å². The summed E-state index contributed by atoms with van der Waals surface area (Å²) in [5, 5.41) is 44.7. The van der Waals surface area contributed by atoms with Gasteiger partial charge in [0, 0.05) is 40.6 Å². The highest BCUT2D eigenvalue weighted by atomic mass is 16.6. The predicted octanol–water partition coefficient (Wildman–Crippen LogP) is 7.01. The number of benzene rings is 5. The van der Waals surface area contributed by atoms with Crippen LogP contribution in [0.5, 0.6) is 11.5 Å². The Kier molecular flexibility index (Phi) is 5.65.